The van der Waals surface area contributed by atoms with Crippen LogP contribution in [0.15, 0.2) is 36.7 Å². The van der Waals surface area contributed by atoms with E-state index >= 15 is 0 Å². The van der Waals surface area contributed by atoms with E-state index in [-0.39, 0.29) is 0 Å². The molecule has 0 atom stereocenters. The second kappa shape index (κ2) is 3.71. The Morgan fingerprint density at radius 3 is 2.94 bits per heavy atom. The summed E-state index contributed by atoms with van der Waals surface area (Å²) in [6.45, 7) is 0. The van der Waals surface area contributed by atoms with Crippen molar-refractivity contribution in [2.45, 2.75) is 0 Å². The zero-order valence-corrected chi connectivity index (χ0v) is 9.46. The number of halogens is 1. The van der Waals surface area contributed by atoms with Gasteiger partial charge < -0.3 is 5.73 Å². The molecule has 0 aliphatic rings. The maximum absolute atomic E-state index is 5.98. The molecule has 17 heavy (non-hydrogen) atoms. The lowest BCUT2D eigenvalue weighted by Gasteiger charge is -2.02. The highest BCUT2D eigenvalue weighted by atomic mass is 35.5. The summed E-state index contributed by atoms with van der Waals surface area (Å²) in [5, 5.41) is 8.56. The van der Waals surface area contributed by atoms with Gasteiger partial charge in [-0.2, -0.15) is 0 Å². The molecule has 5 nitrogen and oxygen atoms in total. The van der Waals surface area contributed by atoms with E-state index in [0.29, 0.717) is 22.3 Å². The number of nitrogens with zero attached hydrogens (tertiary/aromatic N) is 4. The van der Waals surface area contributed by atoms with Crippen LogP contribution < -0.4 is 5.73 Å². The van der Waals surface area contributed by atoms with Crippen molar-refractivity contribution in [2.24, 2.45) is 0 Å². The minimum atomic E-state index is 0.503. The molecule has 0 unspecified atom stereocenters. The van der Waals surface area contributed by atoms with E-state index in [9.17, 15) is 0 Å². The van der Waals surface area contributed by atoms with Crippen LogP contribution in [0, 0.1) is 0 Å². The quantitative estimate of drug-likeness (QED) is 0.666. The van der Waals surface area contributed by atoms with Crippen LogP contribution in [-0.2, 0) is 0 Å². The summed E-state index contributed by atoms with van der Waals surface area (Å²) in [5.41, 5.74) is 7.06. The van der Waals surface area contributed by atoms with Crippen molar-refractivity contribution in [3.05, 3.63) is 41.7 Å². The number of aromatic nitrogens is 4. The molecule has 0 fully saturated rings. The zero-order chi connectivity index (χ0) is 11.8. The first-order valence-electron chi connectivity index (χ1n) is 4.97. The summed E-state index contributed by atoms with van der Waals surface area (Å²) in [5.74, 6) is 1.24. The maximum atomic E-state index is 5.98. The van der Waals surface area contributed by atoms with Gasteiger partial charge in [-0.15, -0.1) is 10.2 Å². The molecule has 84 valence electrons. The van der Waals surface area contributed by atoms with Crippen LogP contribution >= 0.6 is 11.6 Å². The Morgan fingerprint density at radius 2 is 2.12 bits per heavy atom. The summed E-state index contributed by atoms with van der Waals surface area (Å²) in [6.07, 6.45) is 3.52. The van der Waals surface area contributed by atoms with Gasteiger partial charge in [0.1, 0.15) is 0 Å². The Hall–Kier alpha value is -2.14. The molecule has 0 bridgehead atoms. The highest BCUT2D eigenvalue weighted by molar-refractivity contribution is 6.33. The molecule has 0 saturated carbocycles. The number of nitrogen functional groups attached to an aromatic ring is 1. The Morgan fingerprint density at radius 1 is 1.24 bits per heavy atom. The van der Waals surface area contributed by atoms with Crippen molar-refractivity contribution in [1.29, 1.82) is 0 Å². The van der Waals surface area contributed by atoms with Crippen LogP contribution in [0.25, 0.3) is 17.2 Å². The van der Waals surface area contributed by atoms with Crippen molar-refractivity contribution in [1.82, 2.24) is 19.6 Å². The molecule has 1 aromatic carbocycles. The Balaban J connectivity index is 2.24. The van der Waals surface area contributed by atoms with Gasteiger partial charge in [0.25, 0.3) is 5.78 Å². The minimum Gasteiger partial charge on any atom is -0.398 e. The molecule has 6 heteroatoms. The minimum absolute atomic E-state index is 0.503. The van der Waals surface area contributed by atoms with E-state index in [4.69, 9.17) is 17.3 Å². The van der Waals surface area contributed by atoms with Gasteiger partial charge in [-0.05, 0) is 24.3 Å². The van der Waals surface area contributed by atoms with Crippen molar-refractivity contribution < 1.29 is 0 Å². The Labute approximate surface area is 102 Å². The van der Waals surface area contributed by atoms with Gasteiger partial charge in [-0.1, -0.05) is 11.6 Å². The molecule has 2 heterocycles. The third-order valence-corrected chi connectivity index (χ3v) is 2.78. The van der Waals surface area contributed by atoms with Gasteiger partial charge in [0.05, 0.1) is 10.7 Å². The SMILES string of the molecule is Nc1ccc(-c2nnc3ncccn23)cc1Cl. The summed E-state index contributed by atoms with van der Waals surface area (Å²) >= 11 is 5.98. The molecule has 0 aliphatic heterocycles. The number of fused-ring (bicyclic) bond motifs is 1. The number of hydrogen-bond donors (Lipinski definition) is 1. The van der Waals surface area contributed by atoms with E-state index in [1.54, 1.807) is 22.7 Å². The second-order valence-corrected chi connectivity index (χ2v) is 3.96. The Bertz CT molecular complexity index is 691. The molecule has 0 spiro atoms. The lowest BCUT2D eigenvalue weighted by Crippen LogP contribution is -1.92. The second-order valence-electron chi connectivity index (χ2n) is 3.55. The van der Waals surface area contributed by atoms with Crippen LogP contribution in [0.1, 0.15) is 0 Å². The molecule has 0 aliphatic carbocycles. The average Bonchev–Trinajstić information content (AvgIpc) is 2.76. The van der Waals surface area contributed by atoms with Gasteiger partial charge in [0.2, 0.25) is 0 Å². The van der Waals surface area contributed by atoms with E-state index in [2.05, 4.69) is 15.2 Å². The molecular formula is C11H8ClN5. The first-order chi connectivity index (χ1) is 8.25. The van der Waals surface area contributed by atoms with Gasteiger partial charge in [0.15, 0.2) is 5.82 Å². The van der Waals surface area contributed by atoms with E-state index in [1.807, 2.05) is 18.3 Å². The predicted octanol–water partition coefficient (Wildman–Crippen LogP) is 2.03. The number of benzene rings is 1. The molecular weight excluding hydrogens is 238 g/mol. The largest absolute Gasteiger partial charge is 0.398 e. The number of hydrogen-bond acceptors (Lipinski definition) is 4. The highest BCUT2D eigenvalue weighted by Crippen LogP contribution is 2.25. The maximum Gasteiger partial charge on any atom is 0.255 e. The predicted molar refractivity (Wildman–Crippen MR) is 65.6 cm³/mol. The zero-order valence-electron chi connectivity index (χ0n) is 8.71. The smallest absolute Gasteiger partial charge is 0.255 e. The molecule has 0 radical (unpaired) electrons. The monoisotopic (exact) mass is 245 g/mol. The first kappa shape index (κ1) is 10.0. The molecule has 0 amide bonds. The van der Waals surface area contributed by atoms with Crippen LogP contribution in [0.5, 0.6) is 0 Å². The molecule has 0 saturated heterocycles. The van der Waals surface area contributed by atoms with E-state index in [1.165, 1.54) is 0 Å². The van der Waals surface area contributed by atoms with Crippen molar-refractivity contribution in [3.8, 4) is 11.4 Å². The van der Waals surface area contributed by atoms with Crippen LogP contribution in [-0.4, -0.2) is 19.6 Å². The Kier molecular flexibility index (Phi) is 2.19. The number of rotatable bonds is 1. The first-order valence-corrected chi connectivity index (χ1v) is 5.34. The summed E-state index contributed by atoms with van der Waals surface area (Å²) in [4.78, 5) is 4.10. The standard InChI is InChI=1S/C11H8ClN5/c12-8-6-7(2-3-9(8)13)10-15-16-11-14-4-1-5-17(10)11/h1-6H,13H2. The number of anilines is 1. The van der Waals surface area contributed by atoms with Crippen LogP contribution in [0.2, 0.25) is 5.02 Å². The summed E-state index contributed by atoms with van der Waals surface area (Å²) in [6, 6.07) is 7.18. The molecule has 2 N–H and O–H groups in total. The fourth-order valence-electron chi connectivity index (χ4n) is 1.61. The summed E-state index contributed by atoms with van der Waals surface area (Å²) in [7, 11) is 0. The van der Waals surface area contributed by atoms with Gasteiger partial charge >= 0.3 is 0 Å². The molecule has 3 aromatic rings. The average molecular weight is 246 g/mol. The lowest BCUT2D eigenvalue weighted by atomic mass is 10.2. The topological polar surface area (TPSA) is 69.1 Å². The highest BCUT2D eigenvalue weighted by Gasteiger charge is 2.09. The fourth-order valence-corrected chi connectivity index (χ4v) is 1.79. The van der Waals surface area contributed by atoms with Crippen molar-refractivity contribution >= 4 is 23.1 Å². The van der Waals surface area contributed by atoms with Crippen LogP contribution in [0.3, 0.4) is 0 Å². The lowest BCUT2D eigenvalue weighted by molar-refractivity contribution is 1.10. The van der Waals surface area contributed by atoms with E-state index < -0.39 is 0 Å². The number of nitrogens with two attached hydrogens (primary N) is 1. The molecule has 3 rings (SSSR count). The molecule has 2 aromatic heterocycles. The third-order valence-electron chi connectivity index (χ3n) is 2.45. The third kappa shape index (κ3) is 1.60. The van der Waals surface area contributed by atoms with Crippen molar-refractivity contribution in [2.75, 3.05) is 5.73 Å². The van der Waals surface area contributed by atoms with Crippen molar-refractivity contribution in [3.63, 3.8) is 0 Å². The van der Waals surface area contributed by atoms with Crippen LogP contribution in [0.4, 0.5) is 5.69 Å². The fraction of sp³-hybridized carbons (Fsp3) is 0. The summed E-state index contributed by atoms with van der Waals surface area (Å²) < 4.78 is 1.79. The van der Waals surface area contributed by atoms with Gasteiger partial charge in [-0.3, -0.25) is 4.40 Å². The van der Waals surface area contributed by atoms with Gasteiger partial charge in [0, 0.05) is 18.0 Å². The normalized spacial score (nSPS) is 10.9. The van der Waals surface area contributed by atoms with Gasteiger partial charge in [-0.25, -0.2) is 4.98 Å². The van der Waals surface area contributed by atoms with E-state index in [0.717, 1.165) is 5.56 Å².